The fraction of sp³-hybridized carbons (Fsp3) is 0.278. The third kappa shape index (κ3) is 3.74. The van der Waals surface area contributed by atoms with Gasteiger partial charge in [-0.3, -0.25) is 4.79 Å². The monoisotopic (exact) mass is 349 g/mol. The van der Waals surface area contributed by atoms with Crippen LogP contribution in [0.2, 0.25) is 5.02 Å². The lowest BCUT2D eigenvalue weighted by atomic mass is 10.1. The number of nitrogens with one attached hydrogen (secondary N) is 1. The molecule has 0 aliphatic rings. The number of methoxy groups -OCH3 is 3. The molecule has 0 radical (unpaired) electrons. The number of benzene rings is 2. The molecule has 1 unspecified atom stereocenters. The van der Waals surface area contributed by atoms with Crippen LogP contribution >= 0.6 is 11.6 Å². The first kappa shape index (κ1) is 17.9. The zero-order valence-corrected chi connectivity index (χ0v) is 14.8. The van der Waals surface area contributed by atoms with Gasteiger partial charge in [-0.25, -0.2) is 0 Å². The minimum atomic E-state index is -0.291. The average molecular weight is 350 g/mol. The van der Waals surface area contributed by atoms with E-state index in [-0.39, 0.29) is 11.9 Å². The van der Waals surface area contributed by atoms with Gasteiger partial charge < -0.3 is 19.5 Å². The largest absolute Gasteiger partial charge is 0.496 e. The highest BCUT2D eigenvalue weighted by molar-refractivity contribution is 6.31. The molecule has 0 aliphatic heterocycles. The number of rotatable bonds is 6. The number of hydrogen-bond donors (Lipinski definition) is 1. The van der Waals surface area contributed by atoms with E-state index in [1.165, 1.54) is 21.3 Å². The minimum absolute atomic E-state index is 0.260. The summed E-state index contributed by atoms with van der Waals surface area (Å²) in [6.45, 7) is 1.87. The number of carbonyl (C=O) groups excluding carboxylic acids is 1. The maximum atomic E-state index is 12.7. The van der Waals surface area contributed by atoms with Crippen LogP contribution < -0.4 is 19.5 Å². The van der Waals surface area contributed by atoms with Gasteiger partial charge in [0.1, 0.15) is 5.75 Å². The van der Waals surface area contributed by atoms with E-state index in [1.54, 1.807) is 18.2 Å². The maximum Gasteiger partial charge on any atom is 0.255 e. The molecule has 0 bridgehead atoms. The Balaban J connectivity index is 2.30. The van der Waals surface area contributed by atoms with Crippen LogP contribution in [0.25, 0.3) is 0 Å². The van der Waals surface area contributed by atoms with Gasteiger partial charge in [0.05, 0.1) is 32.9 Å². The molecule has 5 nitrogen and oxygen atoms in total. The fourth-order valence-corrected chi connectivity index (χ4v) is 2.68. The Morgan fingerprint density at radius 2 is 1.58 bits per heavy atom. The summed E-state index contributed by atoms with van der Waals surface area (Å²) in [7, 11) is 4.53. The average Bonchev–Trinajstić information content (AvgIpc) is 2.60. The first-order chi connectivity index (χ1) is 11.5. The molecule has 1 amide bonds. The van der Waals surface area contributed by atoms with Gasteiger partial charge in [-0.15, -0.1) is 0 Å². The van der Waals surface area contributed by atoms with Gasteiger partial charge in [-0.1, -0.05) is 29.8 Å². The number of carbonyl (C=O) groups is 1. The van der Waals surface area contributed by atoms with Crippen molar-refractivity contribution in [2.75, 3.05) is 21.3 Å². The molecule has 0 spiro atoms. The van der Waals surface area contributed by atoms with Crippen molar-refractivity contribution in [3.8, 4) is 17.2 Å². The van der Waals surface area contributed by atoms with Crippen molar-refractivity contribution in [3.63, 3.8) is 0 Å². The molecule has 0 aromatic heterocycles. The Kier molecular flexibility index (Phi) is 5.93. The summed E-state index contributed by atoms with van der Waals surface area (Å²) in [6, 6.07) is 10.3. The van der Waals surface area contributed by atoms with Crippen LogP contribution in [0.4, 0.5) is 0 Å². The normalized spacial score (nSPS) is 11.5. The van der Waals surface area contributed by atoms with E-state index in [4.69, 9.17) is 25.8 Å². The first-order valence-electron chi connectivity index (χ1n) is 7.37. The summed E-state index contributed by atoms with van der Waals surface area (Å²) in [5.41, 5.74) is 1.20. The second-order valence-electron chi connectivity index (χ2n) is 5.12. The molecule has 0 saturated carbocycles. The molecule has 0 aliphatic carbocycles. The van der Waals surface area contributed by atoms with E-state index in [0.29, 0.717) is 27.8 Å². The van der Waals surface area contributed by atoms with E-state index >= 15 is 0 Å². The lowest BCUT2D eigenvalue weighted by Gasteiger charge is -2.18. The van der Waals surface area contributed by atoms with Crippen LogP contribution in [0.15, 0.2) is 36.4 Å². The van der Waals surface area contributed by atoms with E-state index in [9.17, 15) is 4.79 Å². The van der Waals surface area contributed by atoms with Crippen molar-refractivity contribution in [1.82, 2.24) is 5.32 Å². The predicted molar refractivity (Wildman–Crippen MR) is 93.4 cm³/mol. The third-order valence-corrected chi connectivity index (χ3v) is 4.01. The zero-order valence-electron chi connectivity index (χ0n) is 14.1. The molecule has 128 valence electrons. The molecule has 2 aromatic rings. The highest BCUT2D eigenvalue weighted by atomic mass is 35.5. The topological polar surface area (TPSA) is 56.8 Å². The van der Waals surface area contributed by atoms with Crippen molar-refractivity contribution in [2.24, 2.45) is 0 Å². The number of halogens is 1. The second-order valence-corrected chi connectivity index (χ2v) is 5.53. The molecule has 0 fully saturated rings. The lowest BCUT2D eigenvalue weighted by Crippen LogP contribution is -2.27. The Labute approximate surface area is 146 Å². The van der Waals surface area contributed by atoms with Crippen molar-refractivity contribution in [2.45, 2.75) is 13.0 Å². The summed E-state index contributed by atoms with van der Waals surface area (Å²) in [5.74, 6) is 1.05. The van der Waals surface area contributed by atoms with Crippen molar-refractivity contribution in [3.05, 3.63) is 52.5 Å². The molecule has 1 atom stereocenters. The van der Waals surface area contributed by atoms with Crippen LogP contribution in [-0.4, -0.2) is 27.2 Å². The predicted octanol–water partition coefficient (Wildman–Crippen LogP) is 3.86. The molecular weight excluding hydrogens is 330 g/mol. The van der Waals surface area contributed by atoms with Crippen LogP contribution in [0.1, 0.15) is 28.9 Å². The molecule has 2 rings (SSSR count). The van der Waals surface area contributed by atoms with Gasteiger partial charge in [-0.2, -0.15) is 0 Å². The molecule has 0 heterocycles. The zero-order chi connectivity index (χ0) is 17.7. The summed E-state index contributed by atoms with van der Waals surface area (Å²) in [4.78, 5) is 12.7. The molecular formula is C18H20ClNO4. The van der Waals surface area contributed by atoms with E-state index in [0.717, 1.165) is 5.56 Å². The lowest BCUT2D eigenvalue weighted by molar-refractivity contribution is 0.0936. The Morgan fingerprint density at radius 3 is 2.17 bits per heavy atom. The van der Waals surface area contributed by atoms with Crippen LogP contribution in [0, 0.1) is 0 Å². The van der Waals surface area contributed by atoms with E-state index in [2.05, 4.69) is 5.32 Å². The highest BCUT2D eigenvalue weighted by Crippen LogP contribution is 2.35. The highest BCUT2D eigenvalue weighted by Gasteiger charge is 2.20. The van der Waals surface area contributed by atoms with Crippen LogP contribution in [-0.2, 0) is 0 Å². The summed E-state index contributed by atoms with van der Waals surface area (Å²) < 4.78 is 15.8. The summed E-state index contributed by atoms with van der Waals surface area (Å²) in [5, 5.41) is 3.52. The molecule has 24 heavy (non-hydrogen) atoms. The van der Waals surface area contributed by atoms with Gasteiger partial charge in [-0.05, 0) is 18.6 Å². The standard InChI is InChI=1S/C18H20ClNO4/c1-11(12-7-5-6-8-14(12)19)20-18(21)13-9-16(23-3)17(24-4)10-15(13)22-2/h5-11H,1-4H3,(H,20,21). The van der Waals surface area contributed by atoms with Gasteiger partial charge in [0.25, 0.3) is 5.91 Å². The maximum absolute atomic E-state index is 12.7. The number of hydrogen-bond acceptors (Lipinski definition) is 4. The molecule has 2 aromatic carbocycles. The van der Waals surface area contributed by atoms with Gasteiger partial charge in [0.15, 0.2) is 11.5 Å². The van der Waals surface area contributed by atoms with Gasteiger partial charge >= 0.3 is 0 Å². The SMILES string of the molecule is COc1cc(OC)c(C(=O)NC(C)c2ccccc2Cl)cc1OC. The van der Waals surface area contributed by atoms with Gasteiger partial charge in [0.2, 0.25) is 0 Å². The van der Waals surface area contributed by atoms with Crippen molar-refractivity contribution >= 4 is 17.5 Å². The van der Waals surface area contributed by atoms with Crippen molar-refractivity contribution < 1.29 is 19.0 Å². The van der Waals surface area contributed by atoms with Gasteiger partial charge in [0, 0.05) is 17.2 Å². The summed E-state index contributed by atoms with van der Waals surface area (Å²) in [6.07, 6.45) is 0. The Hall–Kier alpha value is -2.40. The summed E-state index contributed by atoms with van der Waals surface area (Å²) >= 11 is 6.18. The van der Waals surface area contributed by atoms with E-state index in [1.807, 2.05) is 25.1 Å². The molecule has 6 heteroatoms. The fourth-order valence-electron chi connectivity index (χ4n) is 2.39. The minimum Gasteiger partial charge on any atom is -0.496 e. The smallest absolute Gasteiger partial charge is 0.255 e. The van der Waals surface area contributed by atoms with Crippen LogP contribution in [0.3, 0.4) is 0 Å². The quantitative estimate of drug-likeness (QED) is 0.860. The number of amides is 1. The Bertz CT molecular complexity index is 733. The molecule has 0 saturated heterocycles. The first-order valence-corrected chi connectivity index (χ1v) is 7.74. The van der Waals surface area contributed by atoms with E-state index < -0.39 is 0 Å². The second kappa shape index (κ2) is 7.93. The van der Waals surface area contributed by atoms with Crippen molar-refractivity contribution in [1.29, 1.82) is 0 Å². The Morgan fingerprint density at radius 1 is 1.00 bits per heavy atom. The van der Waals surface area contributed by atoms with Crippen LogP contribution in [0.5, 0.6) is 17.2 Å². The number of ether oxygens (including phenoxy) is 3. The third-order valence-electron chi connectivity index (χ3n) is 3.67. The molecule has 1 N–H and O–H groups in total.